The molecule has 1 rings (SSSR count). The number of hydrogen-bond acceptors (Lipinski definition) is 3. The summed E-state index contributed by atoms with van der Waals surface area (Å²) in [6.07, 6.45) is -0.439. The Morgan fingerprint density at radius 2 is 1.92 bits per heavy atom. The van der Waals surface area contributed by atoms with Gasteiger partial charge < -0.3 is 9.84 Å². The van der Waals surface area contributed by atoms with Crippen LogP contribution >= 0.6 is 0 Å². The van der Waals surface area contributed by atoms with Crippen LogP contribution in [0.3, 0.4) is 0 Å². The van der Waals surface area contributed by atoms with Crippen molar-refractivity contribution in [3.63, 3.8) is 0 Å². The van der Waals surface area contributed by atoms with E-state index in [0.717, 1.165) is 0 Å². The van der Waals surface area contributed by atoms with Gasteiger partial charge in [0, 0.05) is 12.7 Å². The lowest BCUT2D eigenvalue weighted by Crippen LogP contribution is -2.25. The van der Waals surface area contributed by atoms with Crippen molar-refractivity contribution in [2.45, 2.75) is 0 Å². The van der Waals surface area contributed by atoms with Gasteiger partial charge in [-0.1, -0.05) is 0 Å². The lowest BCUT2D eigenvalue weighted by molar-refractivity contribution is 0.180. The number of phenolic OH excluding ortho intramolecular Hbond substituents is 1. The number of methoxy groups -OCH3 is 1. The summed E-state index contributed by atoms with van der Waals surface area (Å²) in [6, 6.07) is 6.28. The number of benzene rings is 1. The third kappa shape index (κ3) is 2.11. The summed E-state index contributed by atoms with van der Waals surface area (Å²) in [5, 5.41) is 9.00. The van der Waals surface area contributed by atoms with Gasteiger partial charge in [0.05, 0.1) is 7.11 Å². The minimum atomic E-state index is -0.439. The summed E-state index contributed by atoms with van der Waals surface area (Å²) in [5.41, 5.74) is 0.671. The number of nitrogens with zero attached hydrogens (tertiary/aromatic N) is 1. The molecule has 0 radical (unpaired) electrons. The summed E-state index contributed by atoms with van der Waals surface area (Å²) in [5.74, 6) is 0.169. The number of anilines is 1. The topological polar surface area (TPSA) is 49.8 Å². The smallest absolute Gasteiger partial charge is 0.413 e. The van der Waals surface area contributed by atoms with Crippen LogP contribution < -0.4 is 4.90 Å². The number of amides is 1. The van der Waals surface area contributed by atoms with Crippen LogP contribution in [0.15, 0.2) is 24.3 Å². The first-order valence-electron chi connectivity index (χ1n) is 3.76. The van der Waals surface area contributed by atoms with Crippen LogP contribution in [0.2, 0.25) is 0 Å². The second kappa shape index (κ2) is 3.80. The number of carbonyl (C=O) groups is 1. The molecule has 0 saturated carbocycles. The molecular weight excluding hydrogens is 170 g/mol. The SMILES string of the molecule is COC(=O)N(C)c1ccc(O)cc1. The fraction of sp³-hybridized carbons (Fsp3) is 0.222. The molecule has 0 bridgehead atoms. The molecular formula is C9H11NO3. The number of phenols is 1. The highest BCUT2D eigenvalue weighted by atomic mass is 16.5. The van der Waals surface area contributed by atoms with Crippen molar-refractivity contribution in [1.29, 1.82) is 0 Å². The summed E-state index contributed by atoms with van der Waals surface area (Å²) in [4.78, 5) is 12.4. The van der Waals surface area contributed by atoms with Gasteiger partial charge in [0.15, 0.2) is 0 Å². The maximum Gasteiger partial charge on any atom is 0.413 e. The van der Waals surface area contributed by atoms with Crippen LogP contribution in [0.1, 0.15) is 0 Å². The van der Waals surface area contributed by atoms with Gasteiger partial charge >= 0.3 is 6.09 Å². The maximum absolute atomic E-state index is 11.0. The Hall–Kier alpha value is -1.71. The van der Waals surface area contributed by atoms with Gasteiger partial charge in [0.2, 0.25) is 0 Å². The van der Waals surface area contributed by atoms with E-state index < -0.39 is 6.09 Å². The zero-order valence-electron chi connectivity index (χ0n) is 7.52. The minimum absolute atomic E-state index is 0.169. The molecule has 0 heterocycles. The molecule has 0 aromatic heterocycles. The predicted octanol–water partition coefficient (Wildman–Crippen LogP) is 1.59. The number of ether oxygens (including phenoxy) is 1. The van der Waals surface area contributed by atoms with E-state index >= 15 is 0 Å². The lowest BCUT2D eigenvalue weighted by Gasteiger charge is -2.14. The fourth-order valence-electron chi connectivity index (χ4n) is 0.919. The van der Waals surface area contributed by atoms with Gasteiger partial charge in [-0.2, -0.15) is 0 Å². The zero-order valence-corrected chi connectivity index (χ0v) is 7.52. The van der Waals surface area contributed by atoms with Crippen molar-refractivity contribution in [1.82, 2.24) is 0 Å². The van der Waals surface area contributed by atoms with E-state index in [1.165, 1.54) is 24.1 Å². The lowest BCUT2D eigenvalue weighted by atomic mass is 10.3. The van der Waals surface area contributed by atoms with Gasteiger partial charge in [-0.15, -0.1) is 0 Å². The minimum Gasteiger partial charge on any atom is -0.508 e. The largest absolute Gasteiger partial charge is 0.508 e. The highest BCUT2D eigenvalue weighted by Gasteiger charge is 2.09. The van der Waals surface area contributed by atoms with Crippen LogP contribution in [-0.4, -0.2) is 25.4 Å². The summed E-state index contributed by atoms with van der Waals surface area (Å²) >= 11 is 0. The highest BCUT2D eigenvalue weighted by molar-refractivity contribution is 5.86. The van der Waals surface area contributed by atoms with Crippen molar-refractivity contribution in [3.05, 3.63) is 24.3 Å². The van der Waals surface area contributed by atoms with Gasteiger partial charge in [-0.25, -0.2) is 4.79 Å². The summed E-state index contributed by atoms with van der Waals surface area (Å²) in [7, 11) is 2.91. The molecule has 1 aromatic rings. The van der Waals surface area contributed by atoms with Crippen molar-refractivity contribution in [3.8, 4) is 5.75 Å². The molecule has 0 fully saturated rings. The van der Waals surface area contributed by atoms with Crippen molar-refractivity contribution < 1.29 is 14.6 Å². The molecule has 0 saturated heterocycles. The Kier molecular flexibility index (Phi) is 2.74. The molecule has 0 aliphatic heterocycles. The molecule has 1 aromatic carbocycles. The molecule has 1 N–H and O–H groups in total. The Bertz CT molecular complexity index is 294. The number of aromatic hydroxyl groups is 1. The number of carbonyl (C=O) groups excluding carboxylic acids is 1. The van der Waals surface area contributed by atoms with Gasteiger partial charge in [0.1, 0.15) is 5.75 Å². The van der Waals surface area contributed by atoms with Crippen LogP contribution in [-0.2, 0) is 4.74 Å². The maximum atomic E-state index is 11.0. The molecule has 4 heteroatoms. The first-order valence-corrected chi connectivity index (χ1v) is 3.76. The van der Waals surface area contributed by atoms with Gasteiger partial charge in [-0.3, -0.25) is 4.90 Å². The van der Waals surface area contributed by atoms with E-state index in [2.05, 4.69) is 4.74 Å². The van der Waals surface area contributed by atoms with Crippen LogP contribution in [0, 0.1) is 0 Å². The van der Waals surface area contributed by atoms with Crippen LogP contribution in [0.4, 0.5) is 10.5 Å². The predicted molar refractivity (Wildman–Crippen MR) is 48.9 cm³/mol. The fourth-order valence-corrected chi connectivity index (χ4v) is 0.919. The van der Waals surface area contributed by atoms with E-state index in [1.54, 1.807) is 19.2 Å². The van der Waals surface area contributed by atoms with Crippen LogP contribution in [0.25, 0.3) is 0 Å². The molecule has 4 nitrogen and oxygen atoms in total. The Morgan fingerprint density at radius 3 is 2.38 bits per heavy atom. The monoisotopic (exact) mass is 181 g/mol. The first kappa shape index (κ1) is 9.38. The number of rotatable bonds is 1. The Labute approximate surface area is 76.4 Å². The van der Waals surface area contributed by atoms with E-state index in [1.807, 2.05) is 0 Å². The zero-order chi connectivity index (χ0) is 9.84. The second-order valence-corrected chi connectivity index (χ2v) is 2.55. The average molecular weight is 181 g/mol. The Morgan fingerprint density at radius 1 is 1.38 bits per heavy atom. The van der Waals surface area contributed by atoms with Gasteiger partial charge in [-0.05, 0) is 24.3 Å². The molecule has 0 spiro atoms. The third-order valence-electron chi connectivity index (χ3n) is 1.69. The normalized spacial score (nSPS) is 9.38. The van der Waals surface area contributed by atoms with Crippen LogP contribution in [0.5, 0.6) is 5.75 Å². The molecule has 0 aliphatic carbocycles. The first-order chi connectivity index (χ1) is 6.15. The average Bonchev–Trinajstić information content (AvgIpc) is 2.17. The molecule has 70 valence electrons. The van der Waals surface area contributed by atoms with Crippen molar-refractivity contribution in [2.24, 2.45) is 0 Å². The van der Waals surface area contributed by atoms with Gasteiger partial charge in [0.25, 0.3) is 0 Å². The molecule has 0 atom stereocenters. The molecule has 13 heavy (non-hydrogen) atoms. The number of hydrogen-bond donors (Lipinski definition) is 1. The third-order valence-corrected chi connectivity index (χ3v) is 1.69. The quantitative estimate of drug-likeness (QED) is 0.715. The summed E-state index contributed by atoms with van der Waals surface area (Å²) < 4.78 is 4.52. The van der Waals surface area contributed by atoms with E-state index in [-0.39, 0.29) is 5.75 Å². The highest BCUT2D eigenvalue weighted by Crippen LogP contribution is 2.17. The molecule has 0 aliphatic rings. The second-order valence-electron chi connectivity index (χ2n) is 2.55. The van der Waals surface area contributed by atoms with Crippen molar-refractivity contribution in [2.75, 3.05) is 19.1 Å². The van der Waals surface area contributed by atoms with E-state index in [9.17, 15) is 4.79 Å². The summed E-state index contributed by atoms with van der Waals surface area (Å²) in [6.45, 7) is 0. The Balaban J connectivity index is 2.83. The van der Waals surface area contributed by atoms with E-state index in [0.29, 0.717) is 5.69 Å². The van der Waals surface area contributed by atoms with Crippen molar-refractivity contribution >= 4 is 11.8 Å². The van der Waals surface area contributed by atoms with E-state index in [4.69, 9.17) is 5.11 Å². The standard InChI is InChI=1S/C9H11NO3/c1-10(9(12)13-2)7-3-5-8(11)6-4-7/h3-6,11H,1-2H3. The molecule has 1 amide bonds. The molecule has 0 unspecified atom stereocenters.